The van der Waals surface area contributed by atoms with E-state index < -0.39 is 89.9 Å². The minimum Gasteiger partial charge on any atom is -0.479 e. The molecule has 1 saturated carbocycles. The number of carbonyl (C=O) groups is 2. The molecular weight excluding hydrogens is 444 g/mol. The van der Waals surface area contributed by atoms with Crippen molar-refractivity contribution in [1.29, 1.82) is 0 Å². The van der Waals surface area contributed by atoms with E-state index in [0.29, 0.717) is 0 Å². The number of aliphatic hydroxyl groups excluding tert-OH is 5. The van der Waals surface area contributed by atoms with E-state index in [1.165, 1.54) is 6.92 Å². The van der Waals surface area contributed by atoms with Gasteiger partial charge in [0.2, 0.25) is 0 Å². The summed E-state index contributed by atoms with van der Waals surface area (Å²) in [5.74, 6) is -2.15. The van der Waals surface area contributed by atoms with Gasteiger partial charge < -0.3 is 49.6 Å². The average molecular weight is 472 g/mol. The van der Waals surface area contributed by atoms with Gasteiger partial charge in [0, 0.05) is 5.41 Å². The third kappa shape index (κ3) is 2.72. The normalized spacial score (nSPS) is 55.3. The Morgan fingerprint density at radius 1 is 1.18 bits per heavy atom. The standard InChI is InChI=1S/C21H28O12/c1-7-3-9-20(5-22,19(2)4-8(23)15(31-9)21(19)6-30-21)16(10(7)24)33-18-13(27)11(25)12(26)14(32-18)17(28)29/h3,8-9,11-16,18,22-23,25-27H,4-6H2,1-2H3,(H,28,29)/t8-,9-,11+,12+,13-,14+,15-,16-,18+,19-,20-,21+/m1/s1. The number of carboxylic acids is 1. The summed E-state index contributed by atoms with van der Waals surface area (Å²) in [5, 5.41) is 61.4. The van der Waals surface area contributed by atoms with E-state index in [2.05, 4.69) is 0 Å². The van der Waals surface area contributed by atoms with Crippen LogP contribution >= 0.6 is 0 Å². The van der Waals surface area contributed by atoms with Gasteiger partial charge in [0.25, 0.3) is 0 Å². The summed E-state index contributed by atoms with van der Waals surface area (Å²) >= 11 is 0. The first kappa shape index (κ1) is 23.3. The number of carboxylic acid groups (broad SMARTS) is 1. The number of rotatable bonds is 4. The molecule has 0 amide bonds. The Morgan fingerprint density at radius 3 is 2.42 bits per heavy atom. The summed E-state index contributed by atoms with van der Waals surface area (Å²) in [7, 11) is 0. The van der Waals surface area contributed by atoms with Crippen molar-refractivity contribution in [3.63, 3.8) is 0 Å². The SMILES string of the molecule is CC1=C[C@H]2O[C@@H]3[C@H](O)C[C@](C)([C@@]2(CO)[C@H](O[C@@H]2O[C@H](C(=O)O)[C@@H](O)[C@H](O)[C@H]2O)C1=O)[C@]31CO1. The molecule has 6 N–H and O–H groups in total. The number of hydrogen-bond acceptors (Lipinski definition) is 11. The van der Waals surface area contributed by atoms with Crippen LogP contribution in [0.4, 0.5) is 0 Å². The molecular formula is C21H28O12. The second kappa shape index (κ2) is 7.26. The molecule has 5 rings (SSSR count). The predicted molar refractivity (Wildman–Crippen MR) is 104 cm³/mol. The molecule has 3 heterocycles. The van der Waals surface area contributed by atoms with Crippen LogP contribution < -0.4 is 0 Å². The van der Waals surface area contributed by atoms with Crippen LogP contribution in [0.25, 0.3) is 0 Å². The second-order valence-electron chi connectivity index (χ2n) is 9.92. The minimum absolute atomic E-state index is 0.141. The van der Waals surface area contributed by atoms with E-state index in [9.17, 15) is 40.2 Å². The lowest BCUT2D eigenvalue weighted by Gasteiger charge is -2.59. The zero-order valence-corrected chi connectivity index (χ0v) is 18.0. The molecule has 0 radical (unpaired) electrons. The Hall–Kier alpha value is -1.48. The Kier molecular flexibility index (Phi) is 5.12. The fourth-order valence-corrected chi connectivity index (χ4v) is 6.47. The van der Waals surface area contributed by atoms with Crippen molar-refractivity contribution in [3.8, 4) is 0 Å². The van der Waals surface area contributed by atoms with E-state index in [1.807, 2.05) is 0 Å². The zero-order valence-electron chi connectivity index (χ0n) is 18.0. The number of aliphatic carboxylic acids is 1. The fourth-order valence-electron chi connectivity index (χ4n) is 6.47. The van der Waals surface area contributed by atoms with Crippen LogP contribution in [0.15, 0.2) is 11.6 Å². The molecule has 12 atom stereocenters. The van der Waals surface area contributed by atoms with Crippen molar-refractivity contribution >= 4 is 11.8 Å². The van der Waals surface area contributed by atoms with Crippen molar-refractivity contribution in [2.24, 2.45) is 10.8 Å². The topological polar surface area (TPSA) is 196 Å². The zero-order chi connectivity index (χ0) is 24.1. The van der Waals surface area contributed by atoms with Gasteiger partial charge in [0.1, 0.15) is 36.1 Å². The second-order valence-corrected chi connectivity index (χ2v) is 9.92. The summed E-state index contributed by atoms with van der Waals surface area (Å²) < 4.78 is 23.1. The van der Waals surface area contributed by atoms with E-state index in [-0.39, 0.29) is 18.6 Å². The Morgan fingerprint density at radius 2 is 1.85 bits per heavy atom. The van der Waals surface area contributed by atoms with Gasteiger partial charge in [0.15, 0.2) is 18.2 Å². The monoisotopic (exact) mass is 472 g/mol. The number of Topliss-reactive ketones (excluding diaryl/α,β-unsaturated/α-hetero) is 1. The van der Waals surface area contributed by atoms with Crippen LogP contribution in [0.3, 0.4) is 0 Å². The van der Waals surface area contributed by atoms with Gasteiger partial charge >= 0.3 is 5.97 Å². The Labute approximate surface area is 188 Å². The maximum Gasteiger partial charge on any atom is 0.335 e. The summed E-state index contributed by atoms with van der Waals surface area (Å²) in [4.78, 5) is 24.9. The van der Waals surface area contributed by atoms with E-state index in [4.69, 9.17) is 18.9 Å². The van der Waals surface area contributed by atoms with Crippen molar-refractivity contribution in [3.05, 3.63) is 11.6 Å². The third-order valence-electron chi connectivity index (χ3n) is 8.48. The quantitative estimate of drug-likeness (QED) is 0.228. The van der Waals surface area contributed by atoms with Gasteiger partial charge in [-0.15, -0.1) is 0 Å². The Balaban J connectivity index is 1.57. The molecule has 12 heteroatoms. The van der Waals surface area contributed by atoms with Crippen LogP contribution in [-0.2, 0) is 28.5 Å². The molecule has 4 fully saturated rings. The van der Waals surface area contributed by atoms with Crippen molar-refractivity contribution in [2.45, 2.75) is 81.0 Å². The average Bonchev–Trinajstić information content (AvgIpc) is 3.53. The van der Waals surface area contributed by atoms with Crippen LogP contribution in [0, 0.1) is 10.8 Å². The van der Waals surface area contributed by atoms with E-state index in [1.54, 1.807) is 13.0 Å². The Bertz CT molecular complexity index is 900. The number of carbonyl (C=O) groups excluding carboxylic acids is 1. The molecule has 2 aliphatic carbocycles. The number of epoxide rings is 1. The lowest BCUT2D eigenvalue weighted by Crippen LogP contribution is -2.72. The van der Waals surface area contributed by atoms with Gasteiger partial charge in [-0.2, -0.15) is 0 Å². The van der Waals surface area contributed by atoms with Crippen LogP contribution in [0.2, 0.25) is 0 Å². The van der Waals surface area contributed by atoms with Gasteiger partial charge in [-0.1, -0.05) is 6.92 Å². The first-order valence-corrected chi connectivity index (χ1v) is 10.8. The third-order valence-corrected chi connectivity index (χ3v) is 8.48. The van der Waals surface area contributed by atoms with Crippen LogP contribution in [0.5, 0.6) is 0 Å². The summed E-state index contributed by atoms with van der Waals surface area (Å²) in [6.45, 7) is 2.94. The van der Waals surface area contributed by atoms with Crippen molar-refractivity contribution in [2.75, 3.05) is 13.2 Å². The highest BCUT2D eigenvalue weighted by molar-refractivity contribution is 6.00. The molecule has 0 aromatic heterocycles. The molecule has 0 aromatic rings. The maximum absolute atomic E-state index is 13.4. The van der Waals surface area contributed by atoms with Crippen molar-refractivity contribution in [1.82, 2.24) is 0 Å². The van der Waals surface area contributed by atoms with Gasteiger partial charge in [0.05, 0.1) is 30.8 Å². The summed E-state index contributed by atoms with van der Waals surface area (Å²) in [6.07, 6.45) is -11.7. The van der Waals surface area contributed by atoms with E-state index >= 15 is 0 Å². The van der Waals surface area contributed by atoms with Crippen LogP contribution in [-0.4, -0.2) is 116 Å². The molecule has 0 unspecified atom stereocenters. The van der Waals surface area contributed by atoms with Gasteiger partial charge in [-0.25, -0.2) is 4.79 Å². The molecule has 3 aliphatic heterocycles. The molecule has 2 bridgehead atoms. The summed E-state index contributed by atoms with van der Waals surface area (Å²) in [6, 6.07) is 0. The molecule has 33 heavy (non-hydrogen) atoms. The molecule has 3 saturated heterocycles. The number of ether oxygens (including phenoxy) is 4. The van der Waals surface area contributed by atoms with Gasteiger partial charge in [-0.3, -0.25) is 4.79 Å². The fraction of sp³-hybridized carbons (Fsp3) is 0.810. The molecule has 0 aromatic carbocycles. The molecule has 5 aliphatic rings. The minimum atomic E-state index is -1.93. The molecule has 1 spiro atoms. The largest absolute Gasteiger partial charge is 0.479 e. The number of fused-ring (bicyclic) bond motifs is 2. The number of hydrogen-bond donors (Lipinski definition) is 6. The first-order chi connectivity index (χ1) is 15.4. The predicted octanol–water partition coefficient (Wildman–Crippen LogP) is -2.92. The highest BCUT2D eigenvalue weighted by atomic mass is 16.7. The smallest absolute Gasteiger partial charge is 0.335 e. The lowest BCUT2D eigenvalue weighted by molar-refractivity contribution is -0.329. The summed E-state index contributed by atoms with van der Waals surface area (Å²) in [5.41, 5.74) is -3.17. The van der Waals surface area contributed by atoms with E-state index in [0.717, 1.165) is 0 Å². The molecule has 12 nitrogen and oxygen atoms in total. The van der Waals surface area contributed by atoms with Gasteiger partial charge in [-0.05, 0) is 25.0 Å². The highest BCUT2D eigenvalue weighted by Crippen LogP contribution is 2.71. The highest BCUT2D eigenvalue weighted by Gasteiger charge is 2.83. The molecule has 184 valence electrons. The number of aliphatic hydroxyl groups is 5. The first-order valence-electron chi connectivity index (χ1n) is 10.8. The number of ketones is 1. The van der Waals surface area contributed by atoms with Crippen molar-refractivity contribution < 1.29 is 59.2 Å². The van der Waals surface area contributed by atoms with Crippen LogP contribution in [0.1, 0.15) is 20.3 Å². The maximum atomic E-state index is 13.4. The lowest BCUT2D eigenvalue weighted by atomic mass is 9.50.